The minimum Gasteiger partial charge on any atom is -0.462 e. The zero-order valence-corrected chi connectivity index (χ0v) is 10.4. The molecule has 0 N–H and O–H groups in total. The summed E-state index contributed by atoms with van der Waals surface area (Å²) in [6.07, 6.45) is 14.9. The van der Waals surface area contributed by atoms with E-state index < -0.39 is 0 Å². The second kappa shape index (κ2) is 8.37. The Morgan fingerprint density at radius 3 is 2.69 bits per heavy atom. The third kappa shape index (κ3) is 5.94. The van der Waals surface area contributed by atoms with Crippen molar-refractivity contribution in [3.05, 3.63) is 12.2 Å². The van der Waals surface area contributed by atoms with Gasteiger partial charge in [-0.25, -0.2) is 0 Å². The molecular weight excluding hydrogens is 200 g/mol. The molecule has 2 nitrogen and oxygen atoms in total. The van der Waals surface area contributed by atoms with E-state index in [1.165, 1.54) is 38.5 Å². The van der Waals surface area contributed by atoms with Crippen molar-refractivity contribution in [1.82, 2.24) is 0 Å². The number of unbranched alkanes of at least 4 members (excludes halogenated alkanes) is 5. The number of hydrogen-bond acceptors (Lipinski definition) is 2. The van der Waals surface area contributed by atoms with Crippen molar-refractivity contribution in [1.29, 1.82) is 0 Å². The first-order valence-corrected chi connectivity index (χ1v) is 6.63. The van der Waals surface area contributed by atoms with E-state index in [1.807, 2.05) is 0 Å². The van der Waals surface area contributed by atoms with E-state index in [1.54, 1.807) is 0 Å². The normalized spacial score (nSPS) is 20.6. The molecule has 0 bridgehead atoms. The van der Waals surface area contributed by atoms with Gasteiger partial charge in [-0.2, -0.15) is 0 Å². The fourth-order valence-corrected chi connectivity index (χ4v) is 2.12. The van der Waals surface area contributed by atoms with Gasteiger partial charge in [-0.05, 0) is 39.0 Å². The SMILES string of the molecule is CC=CCCCCCCCC1CCC(=O)O1. The zero-order chi connectivity index (χ0) is 11.6. The fraction of sp³-hybridized carbons (Fsp3) is 0.786. The molecule has 1 rings (SSSR count). The molecule has 0 amide bonds. The number of carbonyl (C=O) groups is 1. The average molecular weight is 224 g/mol. The van der Waals surface area contributed by atoms with E-state index >= 15 is 0 Å². The summed E-state index contributed by atoms with van der Waals surface area (Å²) in [4.78, 5) is 10.9. The Bertz CT molecular complexity index is 221. The third-order valence-corrected chi connectivity index (χ3v) is 3.10. The third-order valence-electron chi connectivity index (χ3n) is 3.10. The van der Waals surface area contributed by atoms with Crippen LogP contribution in [0.1, 0.15) is 64.7 Å². The fourth-order valence-electron chi connectivity index (χ4n) is 2.12. The van der Waals surface area contributed by atoms with Crippen molar-refractivity contribution in [2.24, 2.45) is 0 Å². The number of rotatable bonds is 8. The van der Waals surface area contributed by atoms with E-state index in [0.717, 1.165) is 12.8 Å². The highest BCUT2D eigenvalue weighted by Gasteiger charge is 2.22. The van der Waals surface area contributed by atoms with Crippen molar-refractivity contribution < 1.29 is 9.53 Å². The van der Waals surface area contributed by atoms with E-state index in [4.69, 9.17) is 4.74 Å². The number of ether oxygens (including phenoxy) is 1. The molecule has 16 heavy (non-hydrogen) atoms. The van der Waals surface area contributed by atoms with Crippen molar-refractivity contribution in [3.63, 3.8) is 0 Å². The van der Waals surface area contributed by atoms with Crippen LogP contribution >= 0.6 is 0 Å². The van der Waals surface area contributed by atoms with Gasteiger partial charge in [0.05, 0.1) is 0 Å². The first-order chi connectivity index (χ1) is 7.83. The average Bonchev–Trinajstić information content (AvgIpc) is 2.68. The molecule has 1 fully saturated rings. The molecule has 1 aliphatic rings. The van der Waals surface area contributed by atoms with Gasteiger partial charge in [0.1, 0.15) is 6.10 Å². The number of allylic oxidation sites excluding steroid dienone is 2. The lowest BCUT2D eigenvalue weighted by molar-refractivity contribution is -0.141. The number of esters is 1. The molecule has 1 aliphatic heterocycles. The topological polar surface area (TPSA) is 26.3 Å². The number of cyclic esters (lactones) is 1. The monoisotopic (exact) mass is 224 g/mol. The molecule has 0 aromatic heterocycles. The van der Waals surface area contributed by atoms with Crippen LogP contribution < -0.4 is 0 Å². The largest absolute Gasteiger partial charge is 0.462 e. The van der Waals surface area contributed by atoms with Gasteiger partial charge in [0.25, 0.3) is 0 Å². The Morgan fingerprint density at radius 2 is 2.00 bits per heavy atom. The first-order valence-electron chi connectivity index (χ1n) is 6.63. The molecular formula is C14H24O2. The summed E-state index contributed by atoms with van der Waals surface area (Å²) in [5.41, 5.74) is 0. The minimum atomic E-state index is -0.00338. The van der Waals surface area contributed by atoms with Crippen molar-refractivity contribution in [2.75, 3.05) is 0 Å². The maximum Gasteiger partial charge on any atom is 0.306 e. The van der Waals surface area contributed by atoms with Gasteiger partial charge in [-0.1, -0.05) is 31.4 Å². The summed E-state index contributed by atoms with van der Waals surface area (Å²) in [6, 6.07) is 0. The van der Waals surface area contributed by atoms with Crippen LogP contribution in [0.3, 0.4) is 0 Å². The Hall–Kier alpha value is -0.790. The lowest BCUT2D eigenvalue weighted by atomic mass is 10.1. The summed E-state index contributed by atoms with van der Waals surface area (Å²) in [7, 11) is 0. The van der Waals surface area contributed by atoms with Crippen molar-refractivity contribution in [3.8, 4) is 0 Å². The summed E-state index contributed by atoms with van der Waals surface area (Å²) in [5, 5.41) is 0. The van der Waals surface area contributed by atoms with Crippen LogP contribution in [0.25, 0.3) is 0 Å². The van der Waals surface area contributed by atoms with Crippen molar-refractivity contribution in [2.45, 2.75) is 70.8 Å². The molecule has 92 valence electrons. The minimum absolute atomic E-state index is 0.00338. The van der Waals surface area contributed by atoms with Crippen LogP contribution in [0, 0.1) is 0 Å². The number of carbonyl (C=O) groups excluding carboxylic acids is 1. The molecule has 1 atom stereocenters. The van der Waals surface area contributed by atoms with Gasteiger partial charge in [-0.3, -0.25) is 4.79 Å². The molecule has 0 aromatic rings. The van der Waals surface area contributed by atoms with Crippen LogP contribution in [0.15, 0.2) is 12.2 Å². The Labute approximate surface area is 99.1 Å². The predicted octanol–water partition coefficient (Wildman–Crippen LogP) is 4.00. The van der Waals surface area contributed by atoms with E-state index in [9.17, 15) is 4.79 Å². The molecule has 0 radical (unpaired) electrons. The Morgan fingerprint density at radius 1 is 1.25 bits per heavy atom. The highest BCUT2D eigenvalue weighted by atomic mass is 16.5. The molecule has 1 heterocycles. The van der Waals surface area contributed by atoms with E-state index in [2.05, 4.69) is 19.1 Å². The first kappa shape index (κ1) is 13.3. The molecule has 1 saturated heterocycles. The lowest BCUT2D eigenvalue weighted by Crippen LogP contribution is -2.06. The highest BCUT2D eigenvalue weighted by molar-refractivity contribution is 5.71. The summed E-state index contributed by atoms with van der Waals surface area (Å²) >= 11 is 0. The molecule has 1 unspecified atom stereocenters. The molecule has 0 saturated carbocycles. The lowest BCUT2D eigenvalue weighted by Gasteiger charge is -2.08. The van der Waals surface area contributed by atoms with Crippen LogP contribution in [0.4, 0.5) is 0 Å². The van der Waals surface area contributed by atoms with Crippen LogP contribution in [0.5, 0.6) is 0 Å². The second-order valence-corrected chi connectivity index (χ2v) is 4.56. The van der Waals surface area contributed by atoms with E-state index in [-0.39, 0.29) is 12.1 Å². The summed E-state index contributed by atoms with van der Waals surface area (Å²) in [5.74, 6) is -0.00338. The van der Waals surface area contributed by atoms with Gasteiger partial charge in [0.2, 0.25) is 0 Å². The molecule has 0 spiro atoms. The van der Waals surface area contributed by atoms with Gasteiger partial charge in [-0.15, -0.1) is 0 Å². The number of hydrogen-bond donors (Lipinski definition) is 0. The quantitative estimate of drug-likeness (QED) is 0.354. The van der Waals surface area contributed by atoms with Gasteiger partial charge >= 0.3 is 5.97 Å². The maximum atomic E-state index is 10.9. The zero-order valence-electron chi connectivity index (χ0n) is 10.4. The van der Waals surface area contributed by atoms with Crippen LogP contribution in [-0.2, 0) is 9.53 Å². The summed E-state index contributed by atoms with van der Waals surface area (Å²) < 4.78 is 5.17. The van der Waals surface area contributed by atoms with Gasteiger partial charge < -0.3 is 4.74 Å². The molecule has 0 aromatic carbocycles. The smallest absolute Gasteiger partial charge is 0.306 e. The standard InChI is InChI=1S/C14H24O2/c1-2-3-4-5-6-7-8-9-10-13-11-12-14(15)16-13/h2-3,13H,4-12H2,1H3. The van der Waals surface area contributed by atoms with Gasteiger partial charge in [0, 0.05) is 6.42 Å². The maximum absolute atomic E-state index is 10.9. The Kier molecular flexibility index (Phi) is 6.95. The van der Waals surface area contributed by atoms with Crippen LogP contribution in [-0.4, -0.2) is 12.1 Å². The second-order valence-electron chi connectivity index (χ2n) is 4.56. The van der Waals surface area contributed by atoms with Crippen LogP contribution in [0.2, 0.25) is 0 Å². The van der Waals surface area contributed by atoms with Gasteiger partial charge in [0.15, 0.2) is 0 Å². The predicted molar refractivity (Wildman–Crippen MR) is 66.2 cm³/mol. The Balaban J connectivity index is 1.83. The highest BCUT2D eigenvalue weighted by Crippen LogP contribution is 2.19. The summed E-state index contributed by atoms with van der Waals surface area (Å²) in [6.45, 7) is 2.07. The molecule has 0 aliphatic carbocycles. The van der Waals surface area contributed by atoms with E-state index in [0.29, 0.717) is 6.42 Å². The molecule has 2 heteroatoms. The van der Waals surface area contributed by atoms with Crippen molar-refractivity contribution >= 4 is 5.97 Å².